The first-order valence-electron chi connectivity index (χ1n) is 25.2. The molecule has 3 aliphatic carbocycles. The van der Waals surface area contributed by atoms with Gasteiger partial charge in [-0.25, -0.2) is 0 Å². The van der Waals surface area contributed by atoms with E-state index in [4.69, 9.17) is 47.4 Å². The minimum Gasteiger partial charge on any atom is -0.311 e. The molecule has 3 saturated carbocycles. The fraction of sp³-hybridized carbons (Fsp3) is 0.824. The summed E-state index contributed by atoms with van der Waals surface area (Å²) in [5.74, 6) is 0. The minimum absolute atomic E-state index is 0.304. The van der Waals surface area contributed by atoms with Crippen LogP contribution < -0.4 is 16.0 Å². The molecule has 15 nitrogen and oxygen atoms in total. The third kappa shape index (κ3) is 31.9. The summed E-state index contributed by atoms with van der Waals surface area (Å²) in [5.41, 5.74) is 0. The maximum atomic E-state index is 8.92. The lowest BCUT2D eigenvalue weighted by molar-refractivity contribution is 0.0514. The van der Waals surface area contributed by atoms with Crippen LogP contribution in [0.5, 0.6) is 0 Å². The average molecular weight is 910 g/mol. The van der Waals surface area contributed by atoms with E-state index in [0.29, 0.717) is 120 Å². The van der Waals surface area contributed by atoms with E-state index in [9.17, 15) is 0 Å². The third-order valence-corrected chi connectivity index (χ3v) is 11.6. The van der Waals surface area contributed by atoms with E-state index >= 15 is 0 Å². The van der Waals surface area contributed by atoms with Gasteiger partial charge in [0.1, 0.15) is 0 Å². The number of nitrogens with one attached hydrogen (secondary N) is 3. The van der Waals surface area contributed by atoms with E-state index in [0.717, 1.165) is 71.2 Å². The van der Waals surface area contributed by atoms with Crippen molar-refractivity contribution >= 4 is 0 Å². The molecule has 0 bridgehead atoms. The molecule has 15 heteroatoms. The SMILES string of the molecule is CC.CC.CC.N#CCCN(CCC#N)C1CCCCC1N(CCC#N)CCC#N.N#CCCNC1CCCCC1N(CCC#N)CCC#N.N#CCCNC1CCCCC1NCCC#N. The summed E-state index contributed by atoms with van der Waals surface area (Å²) in [6, 6.07) is 22.0. The van der Waals surface area contributed by atoms with Gasteiger partial charge < -0.3 is 16.0 Å². The molecule has 6 unspecified atom stereocenters. The van der Waals surface area contributed by atoms with E-state index in [2.05, 4.69) is 85.3 Å². The lowest BCUT2D eigenvalue weighted by atomic mass is 9.87. The molecule has 366 valence electrons. The van der Waals surface area contributed by atoms with Gasteiger partial charge in [-0.15, -0.1) is 0 Å². The lowest BCUT2D eigenvalue weighted by Crippen LogP contribution is -2.54. The molecule has 0 aromatic carbocycles. The van der Waals surface area contributed by atoms with Crippen LogP contribution in [0.3, 0.4) is 0 Å². The van der Waals surface area contributed by atoms with Crippen LogP contribution in [0.4, 0.5) is 0 Å². The molecule has 3 rings (SSSR count). The van der Waals surface area contributed by atoms with Gasteiger partial charge in [-0.2, -0.15) is 47.4 Å². The molecular formula is C51H87N15. The summed E-state index contributed by atoms with van der Waals surface area (Å²) >= 11 is 0. The summed E-state index contributed by atoms with van der Waals surface area (Å²) in [6.45, 7) is 18.5. The Bertz CT molecular complexity index is 1390. The molecule has 0 aromatic rings. The summed E-state index contributed by atoms with van der Waals surface area (Å²) in [7, 11) is 0. The van der Waals surface area contributed by atoms with Crippen molar-refractivity contribution in [3.05, 3.63) is 0 Å². The van der Waals surface area contributed by atoms with Crippen LogP contribution in [0.25, 0.3) is 0 Å². The number of rotatable bonds is 24. The van der Waals surface area contributed by atoms with Gasteiger partial charge in [-0.1, -0.05) is 80.1 Å². The molecule has 3 aliphatic rings. The predicted octanol–water partition coefficient (Wildman–Crippen LogP) is 8.87. The zero-order valence-electron chi connectivity index (χ0n) is 42.0. The van der Waals surface area contributed by atoms with Crippen molar-refractivity contribution in [2.75, 3.05) is 58.9 Å². The second kappa shape index (κ2) is 51.2. The Hall–Kier alpha value is -4.83. The van der Waals surface area contributed by atoms with Crippen molar-refractivity contribution in [3.63, 3.8) is 0 Å². The summed E-state index contributed by atoms with van der Waals surface area (Å²) in [6.07, 6.45) is 18.5. The Labute approximate surface area is 402 Å². The van der Waals surface area contributed by atoms with Gasteiger partial charge in [0, 0.05) is 153 Å². The van der Waals surface area contributed by atoms with Crippen molar-refractivity contribution in [1.29, 1.82) is 47.4 Å². The van der Waals surface area contributed by atoms with Crippen LogP contribution in [0.2, 0.25) is 0 Å². The molecule has 0 radical (unpaired) electrons. The van der Waals surface area contributed by atoms with E-state index in [1.165, 1.54) is 38.5 Å². The second-order valence-corrected chi connectivity index (χ2v) is 15.5. The first kappa shape index (κ1) is 65.4. The Morgan fingerprint density at radius 1 is 0.303 bits per heavy atom. The maximum Gasteiger partial charge on any atom is 0.0635 e. The first-order valence-corrected chi connectivity index (χ1v) is 25.2. The Balaban J connectivity index is -0.000000865. The van der Waals surface area contributed by atoms with Crippen molar-refractivity contribution in [1.82, 2.24) is 30.7 Å². The summed E-state index contributed by atoms with van der Waals surface area (Å²) in [5, 5.41) is 89.2. The minimum atomic E-state index is 0.304. The molecule has 3 N–H and O–H groups in total. The molecule has 66 heavy (non-hydrogen) atoms. The molecule has 0 amide bonds. The van der Waals surface area contributed by atoms with Gasteiger partial charge in [-0.3, -0.25) is 14.7 Å². The van der Waals surface area contributed by atoms with Crippen molar-refractivity contribution in [2.45, 2.75) is 213 Å². The highest BCUT2D eigenvalue weighted by Crippen LogP contribution is 2.28. The van der Waals surface area contributed by atoms with E-state index in [-0.39, 0.29) is 0 Å². The molecule has 3 fully saturated rings. The zero-order valence-corrected chi connectivity index (χ0v) is 42.0. The van der Waals surface area contributed by atoms with Crippen LogP contribution in [-0.2, 0) is 0 Å². The number of hydrogen-bond donors (Lipinski definition) is 3. The van der Waals surface area contributed by atoms with E-state index in [1.54, 1.807) is 0 Å². The number of hydrogen-bond acceptors (Lipinski definition) is 15. The molecule has 6 atom stereocenters. The number of nitriles is 9. The van der Waals surface area contributed by atoms with Gasteiger partial charge in [0.2, 0.25) is 0 Å². The third-order valence-electron chi connectivity index (χ3n) is 11.6. The number of nitrogens with zero attached hydrogens (tertiary/aromatic N) is 12. The van der Waals surface area contributed by atoms with Crippen LogP contribution in [0, 0.1) is 102 Å². The quantitative estimate of drug-likeness (QED) is 0.0764. The van der Waals surface area contributed by atoms with Crippen molar-refractivity contribution < 1.29 is 0 Å². The largest absolute Gasteiger partial charge is 0.311 e. The van der Waals surface area contributed by atoms with E-state index < -0.39 is 0 Å². The summed E-state index contributed by atoms with van der Waals surface area (Å²) in [4.78, 5) is 6.85. The molecule has 0 heterocycles. The standard InChI is InChI=1S/C18H26N6.C15H23N5.C12H20N4.3C2H6/c19-9-3-13-23(14-4-10-20)17-7-1-2-8-18(17)24(15-5-11-21)16-6-12-22;16-8-3-11-19-14-6-1-2-7-15(14)20(12-4-9-17)13-5-10-18;13-7-3-9-15-11-5-1-2-6-12(11)16-10-4-8-14;3*1-2/h17-18H,1-8,13-16H2;14-15,19H,1-7,11-13H2;11-12,15-16H,1-6,9-10H2;3*1-2H3. The van der Waals surface area contributed by atoms with E-state index in [1.807, 2.05) is 41.5 Å². The van der Waals surface area contributed by atoms with Crippen molar-refractivity contribution in [2.24, 2.45) is 0 Å². The molecule has 0 aromatic heterocycles. The van der Waals surface area contributed by atoms with Gasteiger partial charge in [0.05, 0.1) is 54.6 Å². The Kier molecular flexibility index (Phi) is 50.7. The van der Waals surface area contributed by atoms with Crippen LogP contribution in [0.1, 0.15) is 176 Å². The van der Waals surface area contributed by atoms with Crippen LogP contribution in [0.15, 0.2) is 0 Å². The lowest BCUT2D eigenvalue weighted by Gasteiger charge is -2.44. The molecule has 0 spiro atoms. The van der Waals surface area contributed by atoms with Crippen LogP contribution >= 0.6 is 0 Å². The van der Waals surface area contributed by atoms with Crippen LogP contribution in [-0.4, -0.2) is 110 Å². The normalized spacial score (nSPS) is 20.2. The Morgan fingerprint density at radius 3 is 0.788 bits per heavy atom. The van der Waals surface area contributed by atoms with Crippen molar-refractivity contribution in [3.8, 4) is 54.6 Å². The highest BCUT2D eigenvalue weighted by atomic mass is 15.2. The van der Waals surface area contributed by atoms with Gasteiger partial charge in [0.15, 0.2) is 0 Å². The van der Waals surface area contributed by atoms with Gasteiger partial charge in [-0.05, 0) is 38.5 Å². The monoisotopic (exact) mass is 910 g/mol. The fourth-order valence-electron chi connectivity index (χ4n) is 8.78. The highest BCUT2D eigenvalue weighted by Gasteiger charge is 2.34. The average Bonchev–Trinajstić information content (AvgIpc) is 3.37. The smallest absolute Gasteiger partial charge is 0.0635 e. The second-order valence-electron chi connectivity index (χ2n) is 15.5. The van der Waals surface area contributed by atoms with Gasteiger partial charge >= 0.3 is 0 Å². The summed E-state index contributed by atoms with van der Waals surface area (Å²) < 4.78 is 0. The molecular weight excluding hydrogens is 823 g/mol. The topological polar surface area (TPSA) is 260 Å². The van der Waals surface area contributed by atoms with Gasteiger partial charge in [0.25, 0.3) is 0 Å². The molecule has 0 aliphatic heterocycles. The maximum absolute atomic E-state index is 8.92. The first-order chi connectivity index (χ1) is 32.5. The predicted molar refractivity (Wildman–Crippen MR) is 263 cm³/mol. The zero-order chi connectivity index (χ0) is 49.9. The highest BCUT2D eigenvalue weighted by molar-refractivity contribution is 4.95. The fourth-order valence-corrected chi connectivity index (χ4v) is 8.78. The molecule has 0 saturated heterocycles. The Morgan fingerprint density at radius 2 is 0.515 bits per heavy atom.